The predicted molar refractivity (Wildman–Crippen MR) is 133 cm³/mol. The Morgan fingerprint density at radius 1 is 0.879 bits per heavy atom. The molecule has 0 heterocycles. The van der Waals surface area contributed by atoms with E-state index in [-0.39, 0.29) is 17.4 Å². The SMILES string of the molecule is CCCCCCOc1cc(C=CC(=O)Nc2ccccc2O)cc(OCCCCCC)c1O. The summed E-state index contributed by atoms with van der Waals surface area (Å²) in [5.74, 6) is 0.295. The zero-order valence-electron chi connectivity index (χ0n) is 19.8. The number of carbonyl (C=O) groups is 1. The Kier molecular flexibility index (Phi) is 11.7. The van der Waals surface area contributed by atoms with E-state index in [9.17, 15) is 15.0 Å². The first kappa shape index (κ1) is 26.1. The maximum absolute atomic E-state index is 12.3. The van der Waals surface area contributed by atoms with Crippen molar-refractivity contribution in [2.75, 3.05) is 18.5 Å². The monoisotopic (exact) mass is 455 g/mol. The number of anilines is 1. The van der Waals surface area contributed by atoms with Crippen molar-refractivity contribution in [2.24, 2.45) is 0 Å². The average Bonchev–Trinajstić information content (AvgIpc) is 2.81. The number of phenols is 2. The number of nitrogens with one attached hydrogen (secondary N) is 1. The van der Waals surface area contributed by atoms with Crippen LogP contribution in [-0.4, -0.2) is 29.3 Å². The van der Waals surface area contributed by atoms with Crippen molar-refractivity contribution in [1.29, 1.82) is 0 Å². The average molecular weight is 456 g/mol. The van der Waals surface area contributed by atoms with Crippen LogP contribution in [0.2, 0.25) is 0 Å². The van der Waals surface area contributed by atoms with Gasteiger partial charge in [-0.25, -0.2) is 0 Å². The highest BCUT2D eigenvalue weighted by Crippen LogP contribution is 2.38. The first-order valence-corrected chi connectivity index (χ1v) is 11.9. The van der Waals surface area contributed by atoms with E-state index in [0.29, 0.717) is 36.0 Å². The Balaban J connectivity index is 2.10. The summed E-state index contributed by atoms with van der Waals surface area (Å²) < 4.78 is 11.7. The topological polar surface area (TPSA) is 88.0 Å². The van der Waals surface area contributed by atoms with E-state index in [1.165, 1.54) is 12.1 Å². The number of phenolic OH excluding ortho intramolecular Hbond substituents is 2. The minimum Gasteiger partial charge on any atom is -0.506 e. The standard InChI is InChI=1S/C27H37NO5/c1-3-5-7-11-17-32-24-19-21(20-25(27(24)31)33-18-12-8-6-4-2)15-16-26(30)28-22-13-9-10-14-23(22)29/h9-10,13-16,19-20,29,31H,3-8,11-12,17-18H2,1-2H3,(H,28,30). The van der Waals surface area contributed by atoms with Crippen LogP contribution in [-0.2, 0) is 4.79 Å². The summed E-state index contributed by atoms with van der Waals surface area (Å²) in [6.07, 6.45) is 11.5. The summed E-state index contributed by atoms with van der Waals surface area (Å²) in [6, 6.07) is 9.94. The molecular weight excluding hydrogens is 418 g/mol. The molecule has 0 aliphatic carbocycles. The van der Waals surface area contributed by atoms with Gasteiger partial charge in [-0.2, -0.15) is 0 Å². The van der Waals surface area contributed by atoms with Gasteiger partial charge >= 0.3 is 0 Å². The highest BCUT2D eigenvalue weighted by Gasteiger charge is 2.13. The van der Waals surface area contributed by atoms with Crippen molar-refractivity contribution in [3.05, 3.63) is 48.0 Å². The van der Waals surface area contributed by atoms with Crippen molar-refractivity contribution in [3.8, 4) is 23.0 Å². The van der Waals surface area contributed by atoms with E-state index < -0.39 is 0 Å². The molecule has 33 heavy (non-hydrogen) atoms. The lowest BCUT2D eigenvalue weighted by Crippen LogP contribution is -2.07. The van der Waals surface area contributed by atoms with Crippen LogP contribution in [0, 0.1) is 0 Å². The zero-order valence-corrected chi connectivity index (χ0v) is 19.8. The van der Waals surface area contributed by atoms with Crippen LogP contribution in [0.5, 0.6) is 23.0 Å². The lowest BCUT2D eigenvalue weighted by molar-refractivity contribution is -0.111. The fourth-order valence-electron chi connectivity index (χ4n) is 3.27. The number of hydrogen-bond donors (Lipinski definition) is 3. The summed E-state index contributed by atoms with van der Waals surface area (Å²) in [5.41, 5.74) is 1.01. The summed E-state index contributed by atoms with van der Waals surface area (Å²) in [5, 5.41) is 23.1. The van der Waals surface area contributed by atoms with E-state index in [1.807, 2.05) is 0 Å². The fourth-order valence-corrected chi connectivity index (χ4v) is 3.27. The minimum absolute atomic E-state index is 0.00130. The van der Waals surface area contributed by atoms with Crippen molar-refractivity contribution < 1.29 is 24.5 Å². The summed E-state index contributed by atoms with van der Waals surface area (Å²) in [7, 11) is 0. The number of aromatic hydroxyl groups is 2. The van der Waals surface area contributed by atoms with Crippen LogP contribution in [0.4, 0.5) is 5.69 Å². The van der Waals surface area contributed by atoms with Gasteiger partial charge in [0.05, 0.1) is 18.9 Å². The molecule has 0 saturated heterocycles. The molecule has 0 saturated carbocycles. The minimum atomic E-state index is -0.381. The van der Waals surface area contributed by atoms with Crippen LogP contribution < -0.4 is 14.8 Å². The third kappa shape index (κ3) is 9.48. The van der Waals surface area contributed by atoms with Crippen molar-refractivity contribution in [1.82, 2.24) is 0 Å². The van der Waals surface area contributed by atoms with Gasteiger partial charge in [0, 0.05) is 6.08 Å². The largest absolute Gasteiger partial charge is 0.506 e. The molecule has 6 nitrogen and oxygen atoms in total. The highest BCUT2D eigenvalue weighted by atomic mass is 16.5. The molecule has 0 aliphatic heterocycles. The molecular formula is C27H37NO5. The summed E-state index contributed by atoms with van der Waals surface area (Å²) >= 11 is 0. The van der Waals surface area contributed by atoms with Crippen LogP contribution in [0.15, 0.2) is 42.5 Å². The Morgan fingerprint density at radius 3 is 2.00 bits per heavy atom. The number of ether oxygens (including phenoxy) is 2. The Bertz CT molecular complexity index is 859. The zero-order chi connectivity index (χ0) is 23.9. The van der Waals surface area contributed by atoms with Gasteiger partial charge in [0.15, 0.2) is 11.5 Å². The second-order valence-electron chi connectivity index (χ2n) is 8.02. The lowest BCUT2D eigenvalue weighted by Gasteiger charge is -2.14. The molecule has 0 aromatic heterocycles. The van der Waals surface area contributed by atoms with E-state index >= 15 is 0 Å². The van der Waals surface area contributed by atoms with Gasteiger partial charge in [0.25, 0.3) is 0 Å². The second kappa shape index (κ2) is 14.8. The number of rotatable bonds is 15. The van der Waals surface area contributed by atoms with Crippen molar-refractivity contribution in [2.45, 2.75) is 65.2 Å². The van der Waals surface area contributed by atoms with Gasteiger partial charge in [0.2, 0.25) is 11.7 Å². The number of para-hydroxylation sites is 2. The molecule has 3 N–H and O–H groups in total. The molecule has 0 aliphatic rings. The maximum Gasteiger partial charge on any atom is 0.248 e. The molecule has 0 bridgehead atoms. The van der Waals surface area contributed by atoms with Gasteiger partial charge in [-0.1, -0.05) is 64.5 Å². The highest BCUT2D eigenvalue weighted by molar-refractivity contribution is 6.02. The molecule has 180 valence electrons. The van der Waals surface area contributed by atoms with Gasteiger partial charge in [-0.15, -0.1) is 0 Å². The molecule has 0 unspecified atom stereocenters. The summed E-state index contributed by atoms with van der Waals surface area (Å²) in [6.45, 7) is 5.32. The molecule has 0 spiro atoms. The molecule has 1 amide bonds. The first-order chi connectivity index (χ1) is 16.0. The Labute approximate surface area is 197 Å². The van der Waals surface area contributed by atoms with Crippen LogP contribution >= 0.6 is 0 Å². The molecule has 2 aromatic carbocycles. The van der Waals surface area contributed by atoms with E-state index in [0.717, 1.165) is 51.4 Å². The molecule has 2 aromatic rings. The Morgan fingerprint density at radius 2 is 1.45 bits per heavy atom. The van der Waals surface area contributed by atoms with Crippen molar-refractivity contribution in [3.63, 3.8) is 0 Å². The lowest BCUT2D eigenvalue weighted by atomic mass is 10.1. The molecule has 2 rings (SSSR count). The molecule has 0 radical (unpaired) electrons. The second-order valence-corrected chi connectivity index (χ2v) is 8.02. The van der Waals surface area contributed by atoms with Crippen LogP contribution in [0.25, 0.3) is 6.08 Å². The molecule has 0 atom stereocenters. The Hall–Kier alpha value is -3.15. The van der Waals surface area contributed by atoms with Crippen LogP contribution in [0.3, 0.4) is 0 Å². The van der Waals surface area contributed by atoms with Gasteiger partial charge < -0.3 is 25.0 Å². The number of hydrogen-bond acceptors (Lipinski definition) is 5. The smallest absolute Gasteiger partial charge is 0.248 e. The quantitative estimate of drug-likeness (QED) is 0.159. The normalized spacial score (nSPS) is 11.0. The third-order valence-electron chi connectivity index (χ3n) is 5.16. The third-order valence-corrected chi connectivity index (χ3v) is 5.16. The van der Waals surface area contributed by atoms with E-state index in [4.69, 9.17) is 9.47 Å². The number of amides is 1. The van der Waals surface area contributed by atoms with Gasteiger partial charge in [-0.3, -0.25) is 4.79 Å². The maximum atomic E-state index is 12.3. The summed E-state index contributed by atoms with van der Waals surface area (Å²) in [4.78, 5) is 12.3. The molecule has 0 fully saturated rings. The van der Waals surface area contributed by atoms with Crippen LogP contribution in [0.1, 0.15) is 70.8 Å². The predicted octanol–water partition coefficient (Wildman–Crippen LogP) is 6.67. The number of benzene rings is 2. The number of carbonyl (C=O) groups excluding carboxylic acids is 1. The van der Waals surface area contributed by atoms with Crippen molar-refractivity contribution >= 4 is 17.7 Å². The van der Waals surface area contributed by atoms with Gasteiger partial charge in [-0.05, 0) is 48.7 Å². The fraction of sp³-hybridized carbons (Fsp3) is 0.444. The molecule has 6 heteroatoms. The van der Waals surface area contributed by atoms with E-state index in [2.05, 4.69) is 19.2 Å². The first-order valence-electron chi connectivity index (χ1n) is 11.9. The van der Waals surface area contributed by atoms with Gasteiger partial charge in [0.1, 0.15) is 5.75 Å². The number of unbranched alkanes of at least 4 members (excludes halogenated alkanes) is 6. The van der Waals surface area contributed by atoms with E-state index in [1.54, 1.807) is 36.4 Å².